The first-order valence-corrected chi connectivity index (χ1v) is 7.22. The molecule has 1 rings (SSSR count). The van der Waals surface area contributed by atoms with E-state index < -0.39 is 5.41 Å². The fourth-order valence-electron chi connectivity index (χ4n) is 2.39. The Kier molecular flexibility index (Phi) is 8.52. The molecule has 0 radical (unpaired) electrons. The molecule has 5 heteroatoms. The molecule has 0 bridgehead atoms. The van der Waals surface area contributed by atoms with Gasteiger partial charge in [-0.05, 0) is 49.4 Å². The summed E-state index contributed by atoms with van der Waals surface area (Å²) in [7, 11) is 0. The lowest BCUT2D eigenvalue weighted by atomic mass is 9.81. The van der Waals surface area contributed by atoms with Crippen LogP contribution < -0.4 is 11.1 Å². The van der Waals surface area contributed by atoms with Crippen molar-refractivity contribution in [3.63, 3.8) is 0 Å². The van der Waals surface area contributed by atoms with Gasteiger partial charge in [0.25, 0.3) is 0 Å². The van der Waals surface area contributed by atoms with Gasteiger partial charge in [0.05, 0.1) is 5.41 Å². The SMILES string of the molecule is CCC(CC)(CN)C(=O)NCCc1ccc(F)cc1C.Cl. The molecule has 0 saturated carbocycles. The van der Waals surface area contributed by atoms with Gasteiger partial charge < -0.3 is 11.1 Å². The Hall–Kier alpha value is -1.13. The van der Waals surface area contributed by atoms with Crippen molar-refractivity contribution in [3.8, 4) is 0 Å². The summed E-state index contributed by atoms with van der Waals surface area (Å²) in [5.41, 5.74) is 7.26. The van der Waals surface area contributed by atoms with E-state index in [-0.39, 0.29) is 24.1 Å². The summed E-state index contributed by atoms with van der Waals surface area (Å²) in [4.78, 5) is 12.2. The van der Waals surface area contributed by atoms with E-state index in [0.29, 0.717) is 19.5 Å². The average molecular weight is 317 g/mol. The van der Waals surface area contributed by atoms with Crippen LogP contribution in [0.3, 0.4) is 0 Å². The molecule has 0 atom stereocenters. The number of hydrogen-bond donors (Lipinski definition) is 2. The predicted molar refractivity (Wildman–Crippen MR) is 87.2 cm³/mol. The summed E-state index contributed by atoms with van der Waals surface area (Å²) in [5, 5.41) is 2.95. The van der Waals surface area contributed by atoms with Gasteiger partial charge in [-0.2, -0.15) is 0 Å². The first-order chi connectivity index (χ1) is 9.49. The molecule has 0 aliphatic heterocycles. The highest BCUT2D eigenvalue weighted by Gasteiger charge is 2.32. The molecule has 3 nitrogen and oxygen atoms in total. The minimum absolute atomic E-state index is 0. The Labute approximate surface area is 132 Å². The highest BCUT2D eigenvalue weighted by Crippen LogP contribution is 2.24. The number of rotatable bonds is 7. The fraction of sp³-hybridized carbons (Fsp3) is 0.562. The minimum atomic E-state index is -0.460. The van der Waals surface area contributed by atoms with Crippen molar-refractivity contribution < 1.29 is 9.18 Å². The molecule has 120 valence electrons. The number of amides is 1. The van der Waals surface area contributed by atoms with Crippen molar-refractivity contribution in [1.82, 2.24) is 5.32 Å². The maximum Gasteiger partial charge on any atom is 0.227 e. The van der Waals surface area contributed by atoms with Crippen molar-refractivity contribution in [3.05, 3.63) is 35.1 Å². The van der Waals surface area contributed by atoms with Crippen molar-refractivity contribution in [2.24, 2.45) is 11.1 Å². The van der Waals surface area contributed by atoms with E-state index in [9.17, 15) is 9.18 Å². The van der Waals surface area contributed by atoms with Crippen LogP contribution in [-0.2, 0) is 11.2 Å². The molecule has 21 heavy (non-hydrogen) atoms. The number of carbonyl (C=O) groups excluding carboxylic acids is 1. The molecule has 0 aliphatic rings. The third-order valence-corrected chi connectivity index (χ3v) is 4.21. The molecule has 1 aromatic rings. The second kappa shape index (κ2) is 9.00. The van der Waals surface area contributed by atoms with Gasteiger partial charge in [0.15, 0.2) is 0 Å². The van der Waals surface area contributed by atoms with Crippen LogP contribution in [0.5, 0.6) is 0 Å². The van der Waals surface area contributed by atoms with E-state index in [1.54, 1.807) is 6.07 Å². The van der Waals surface area contributed by atoms with Crippen LogP contribution >= 0.6 is 12.4 Å². The Morgan fingerprint density at radius 3 is 2.43 bits per heavy atom. The maximum atomic E-state index is 13.0. The van der Waals surface area contributed by atoms with E-state index >= 15 is 0 Å². The van der Waals surface area contributed by atoms with Crippen LogP contribution in [0.1, 0.15) is 37.8 Å². The fourth-order valence-corrected chi connectivity index (χ4v) is 2.39. The second-order valence-corrected chi connectivity index (χ2v) is 5.27. The smallest absolute Gasteiger partial charge is 0.227 e. The summed E-state index contributed by atoms with van der Waals surface area (Å²) in [6.45, 7) is 6.76. The summed E-state index contributed by atoms with van der Waals surface area (Å²) in [6.07, 6.45) is 2.18. The molecule has 0 unspecified atom stereocenters. The molecular formula is C16H26ClFN2O. The second-order valence-electron chi connectivity index (χ2n) is 5.27. The molecule has 0 spiro atoms. The number of benzene rings is 1. The van der Waals surface area contributed by atoms with Gasteiger partial charge in [-0.1, -0.05) is 19.9 Å². The van der Waals surface area contributed by atoms with E-state index in [1.807, 2.05) is 20.8 Å². The predicted octanol–water partition coefficient (Wildman–Crippen LogP) is 2.98. The van der Waals surface area contributed by atoms with Crippen LogP contribution in [0.4, 0.5) is 4.39 Å². The van der Waals surface area contributed by atoms with Crippen molar-refractivity contribution in [2.75, 3.05) is 13.1 Å². The number of halogens is 2. The van der Waals surface area contributed by atoms with E-state index in [2.05, 4.69) is 5.32 Å². The third-order valence-electron chi connectivity index (χ3n) is 4.21. The van der Waals surface area contributed by atoms with Crippen molar-refractivity contribution in [2.45, 2.75) is 40.0 Å². The monoisotopic (exact) mass is 316 g/mol. The van der Waals surface area contributed by atoms with Gasteiger partial charge >= 0.3 is 0 Å². The van der Waals surface area contributed by atoms with Gasteiger partial charge in [0, 0.05) is 13.1 Å². The highest BCUT2D eigenvalue weighted by molar-refractivity contribution is 5.85. The van der Waals surface area contributed by atoms with E-state index in [1.165, 1.54) is 12.1 Å². The maximum absolute atomic E-state index is 13.0. The number of hydrogen-bond acceptors (Lipinski definition) is 2. The average Bonchev–Trinajstić information content (AvgIpc) is 2.44. The number of nitrogens with two attached hydrogens (primary N) is 1. The lowest BCUT2D eigenvalue weighted by molar-refractivity contribution is -0.131. The molecule has 0 aromatic heterocycles. The third kappa shape index (κ3) is 4.97. The lowest BCUT2D eigenvalue weighted by Gasteiger charge is -2.28. The van der Waals surface area contributed by atoms with Crippen molar-refractivity contribution in [1.29, 1.82) is 0 Å². The van der Waals surface area contributed by atoms with Crippen LogP contribution in [0.2, 0.25) is 0 Å². The standard InChI is InChI=1S/C16H25FN2O.ClH/c1-4-16(5-2,11-18)15(20)19-9-8-13-6-7-14(17)10-12(13)3;/h6-7,10H,4-5,8-9,11,18H2,1-3H3,(H,19,20);1H. The molecule has 0 heterocycles. The Balaban J connectivity index is 0.00000400. The zero-order valence-corrected chi connectivity index (χ0v) is 13.9. The molecule has 1 amide bonds. The molecule has 3 N–H and O–H groups in total. The zero-order chi connectivity index (χ0) is 15.2. The number of carbonyl (C=O) groups is 1. The number of nitrogens with one attached hydrogen (secondary N) is 1. The normalized spacial score (nSPS) is 10.9. The first-order valence-electron chi connectivity index (χ1n) is 7.22. The zero-order valence-electron chi connectivity index (χ0n) is 13.0. The molecule has 0 saturated heterocycles. The minimum Gasteiger partial charge on any atom is -0.355 e. The highest BCUT2D eigenvalue weighted by atomic mass is 35.5. The van der Waals surface area contributed by atoms with E-state index in [4.69, 9.17) is 5.73 Å². The summed E-state index contributed by atoms with van der Waals surface area (Å²) in [5.74, 6) is -0.209. The van der Waals surface area contributed by atoms with E-state index in [0.717, 1.165) is 24.0 Å². The van der Waals surface area contributed by atoms with Crippen molar-refractivity contribution >= 4 is 18.3 Å². The lowest BCUT2D eigenvalue weighted by Crippen LogP contribution is -2.45. The van der Waals surface area contributed by atoms with Crippen LogP contribution in [0.15, 0.2) is 18.2 Å². The first kappa shape index (κ1) is 19.9. The van der Waals surface area contributed by atoms with Gasteiger partial charge in [-0.3, -0.25) is 4.79 Å². The summed E-state index contributed by atoms with van der Waals surface area (Å²) >= 11 is 0. The Morgan fingerprint density at radius 1 is 1.33 bits per heavy atom. The van der Waals surface area contributed by atoms with Gasteiger partial charge in [0.2, 0.25) is 5.91 Å². The summed E-state index contributed by atoms with van der Waals surface area (Å²) in [6, 6.07) is 4.73. The molecular weight excluding hydrogens is 291 g/mol. The molecule has 1 aromatic carbocycles. The van der Waals surface area contributed by atoms with Crippen LogP contribution in [0.25, 0.3) is 0 Å². The Bertz CT molecular complexity index is 453. The summed E-state index contributed by atoms with van der Waals surface area (Å²) < 4.78 is 13.0. The van der Waals surface area contributed by atoms with Gasteiger partial charge in [0.1, 0.15) is 5.82 Å². The molecule has 0 aliphatic carbocycles. The quantitative estimate of drug-likeness (QED) is 0.812. The Morgan fingerprint density at radius 2 is 1.95 bits per heavy atom. The largest absolute Gasteiger partial charge is 0.355 e. The van der Waals surface area contributed by atoms with Crippen LogP contribution in [-0.4, -0.2) is 19.0 Å². The van der Waals surface area contributed by atoms with Crippen LogP contribution in [0, 0.1) is 18.2 Å². The number of aryl methyl sites for hydroxylation is 1. The van der Waals surface area contributed by atoms with Gasteiger partial charge in [-0.25, -0.2) is 4.39 Å². The van der Waals surface area contributed by atoms with Gasteiger partial charge in [-0.15, -0.1) is 12.4 Å². The topological polar surface area (TPSA) is 55.1 Å². The molecule has 0 fully saturated rings.